The Morgan fingerprint density at radius 3 is 2.71 bits per heavy atom. The van der Waals surface area contributed by atoms with Crippen LogP contribution in [-0.4, -0.2) is 65.6 Å². The summed E-state index contributed by atoms with van der Waals surface area (Å²) in [6.07, 6.45) is 5.97. The van der Waals surface area contributed by atoms with Gasteiger partial charge in [0.15, 0.2) is 0 Å². The zero-order valence-corrected chi connectivity index (χ0v) is 13.9. The van der Waals surface area contributed by atoms with Crippen molar-refractivity contribution in [2.45, 2.75) is 37.8 Å². The monoisotopic (exact) mass is 331 g/mol. The summed E-state index contributed by atoms with van der Waals surface area (Å²) in [6.45, 7) is 4.46. The van der Waals surface area contributed by atoms with Crippen molar-refractivity contribution in [1.29, 1.82) is 0 Å². The van der Waals surface area contributed by atoms with E-state index in [1.165, 1.54) is 6.42 Å². The van der Waals surface area contributed by atoms with Crippen LogP contribution in [0.2, 0.25) is 0 Å². The molecule has 6 nitrogen and oxygen atoms in total. The summed E-state index contributed by atoms with van der Waals surface area (Å²) in [5.41, 5.74) is -0.0217. The van der Waals surface area contributed by atoms with E-state index in [9.17, 15) is 9.59 Å². The second-order valence-corrected chi connectivity index (χ2v) is 7.27. The van der Waals surface area contributed by atoms with Crippen molar-refractivity contribution in [3.8, 4) is 0 Å². The molecule has 0 radical (unpaired) electrons. The molecule has 0 aromatic carbocycles. The smallest absolute Gasteiger partial charge is 0.260 e. The van der Waals surface area contributed by atoms with Gasteiger partial charge in [-0.3, -0.25) is 14.5 Å². The van der Waals surface area contributed by atoms with Crippen molar-refractivity contribution in [1.82, 2.24) is 14.8 Å². The molecule has 2 bridgehead atoms. The van der Waals surface area contributed by atoms with Gasteiger partial charge in [-0.2, -0.15) is 0 Å². The van der Waals surface area contributed by atoms with Crippen LogP contribution in [0.25, 0.3) is 0 Å². The van der Waals surface area contributed by atoms with E-state index in [2.05, 4.69) is 9.88 Å². The fourth-order valence-electron chi connectivity index (χ4n) is 4.46. The van der Waals surface area contributed by atoms with Crippen molar-refractivity contribution in [3.63, 3.8) is 0 Å². The number of hydrogen-bond acceptors (Lipinski definition) is 4. The molecule has 6 heteroatoms. The molecule has 1 amide bonds. The molecule has 4 aliphatic heterocycles. The number of amides is 1. The van der Waals surface area contributed by atoms with E-state index in [1.54, 1.807) is 18.3 Å². The van der Waals surface area contributed by atoms with Crippen molar-refractivity contribution < 1.29 is 9.53 Å². The van der Waals surface area contributed by atoms with Crippen molar-refractivity contribution >= 4 is 5.91 Å². The van der Waals surface area contributed by atoms with Crippen LogP contribution in [0.1, 0.15) is 36.0 Å². The van der Waals surface area contributed by atoms with Gasteiger partial charge in [-0.25, -0.2) is 0 Å². The highest BCUT2D eigenvalue weighted by Crippen LogP contribution is 2.31. The number of aromatic amines is 1. The minimum Gasteiger partial charge on any atom is -0.381 e. The molecule has 1 N–H and O–H groups in total. The second kappa shape index (κ2) is 6.69. The van der Waals surface area contributed by atoms with Gasteiger partial charge in [0.1, 0.15) is 5.56 Å². The first-order chi connectivity index (χ1) is 11.7. The number of rotatable bonds is 2. The highest BCUT2D eigenvalue weighted by molar-refractivity contribution is 5.94. The molecule has 2 unspecified atom stereocenters. The van der Waals surface area contributed by atoms with Crippen LogP contribution in [0.4, 0.5) is 0 Å². The quantitative estimate of drug-likeness (QED) is 0.881. The lowest BCUT2D eigenvalue weighted by molar-refractivity contribution is 0.0304. The van der Waals surface area contributed by atoms with Gasteiger partial charge in [0, 0.05) is 51.1 Å². The molecule has 130 valence electrons. The predicted molar refractivity (Wildman–Crippen MR) is 90.0 cm³/mol. The summed E-state index contributed by atoms with van der Waals surface area (Å²) in [4.78, 5) is 32.0. The van der Waals surface area contributed by atoms with Crippen LogP contribution in [-0.2, 0) is 4.74 Å². The standard InChI is InChI=1S/C18H25N3O3/c22-17-16(2-1-7-19-17)18(23)21-11-13-3-4-15(21)12-20(10-13)14-5-8-24-9-6-14/h1-2,7,13-15H,3-6,8-12H2,(H,19,22). The third-order valence-electron chi connectivity index (χ3n) is 5.76. The third-order valence-corrected chi connectivity index (χ3v) is 5.76. The SMILES string of the molecule is O=C(c1ccc[nH]c1=O)N1CC2CCC1CN(C1CCOCC1)C2. The number of carbonyl (C=O) groups is 1. The van der Waals surface area contributed by atoms with Crippen LogP contribution in [0.15, 0.2) is 23.1 Å². The lowest BCUT2D eigenvalue weighted by Crippen LogP contribution is -2.49. The highest BCUT2D eigenvalue weighted by Gasteiger charge is 2.39. The molecular weight excluding hydrogens is 306 g/mol. The topological polar surface area (TPSA) is 65.6 Å². The normalized spacial score (nSPS) is 28.8. The highest BCUT2D eigenvalue weighted by atomic mass is 16.5. The minimum atomic E-state index is -0.288. The number of piperidine rings is 1. The number of carbonyl (C=O) groups excluding carboxylic acids is 1. The van der Waals surface area contributed by atoms with Crippen LogP contribution < -0.4 is 5.56 Å². The van der Waals surface area contributed by atoms with Gasteiger partial charge >= 0.3 is 0 Å². The van der Waals surface area contributed by atoms with E-state index in [4.69, 9.17) is 4.74 Å². The van der Waals surface area contributed by atoms with Gasteiger partial charge in [0.25, 0.3) is 11.5 Å². The van der Waals surface area contributed by atoms with E-state index >= 15 is 0 Å². The molecule has 0 aliphatic carbocycles. The molecule has 4 aliphatic rings. The number of hydrogen-bond donors (Lipinski definition) is 1. The van der Waals surface area contributed by atoms with Crippen LogP contribution in [0.5, 0.6) is 0 Å². The number of nitrogens with zero attached hydrogens (tertiary/aromatic N) is 2. The summed E-state index contributed by atoms with van der Waals surface area (Å²) in [7, 11) is 0. The number of H-pyrrole nitrogens is 1. The molecule has 2 atom stereocenters. The van der Waals surface area contributed by atoms with Gasteiger partial charge < -0.3 is 14.6 Å². The summed E-state index contributed by atoms with van der Waals surface area (Å²) >= 11 is 0. The lowest BCUT2D eigenvalue weighted by Gasteiger charge is -2.37. The van der Waals surface area contributed by atoms with Gasteiger partial charge in [-0.15, -0.1) is 0 Å². The van der Waals surface area contributed by atoms with Gasteiger partial charge in [0.2, 0.25) is 0 Å². The maximum atomic E-state index is 12.9. The Balaban J connectivity index is 1.53. The van der Waals surface area contributed by atoms with Gasteiger partial charge in [0.05, 0.1) is 0 Å². The maximum Gasteiger partial charge on any atom is 0.260 e. The molecule has 0 saturated carbocycles. The molecule has 4 saturated heterocycles. The van der Waals surface area contributed by atoms with Crippen LogP contribution >= 0.6 is 0 Å². The maximum absolute atomic E-state index is 12.9. The van der Waals surface area contributed by atoms with Crippen LogP contribution in [0, 0.1) is 5.92 Å². The number of nitrogens with one attached hydrogen (secondary N) is 1. The van der Waals surface area contributed by atoms with E-state index in [0.29, 0.717) is 12.0 Å². The predicted octanol–water partition coefficient (Wildman–Crippen LogP) is 1.09. The average molecular weight is 331 g/mol. The fraction of sp³-hybridized carbons (Fsp3) is 0.667. The number of ether oxygens (including phenoxy) is 1. The van der Waals surface area contributed by atoms with E-state index in [0.717, 1.165) is 52.1 Å². The first kappa shape index (κ1) is 15.8. The Labute approximate surface area is 141 Å². The second-order valence-electron chi connectivity index (χ2n) is 7.27. The van der Waals surface area contributed by atoms with Crippen molar-refractivity contribution in [2.75, 3.05) is 32.8 Å². The van der Waals surface area contributed by atoms with E-state index in [1.807, 2.05) is 4.90 Å². The summed E-state index contributed by atoms with van der Waals surface area (Å²) in [5.74, 6) is 0.402. The average Bonchev–Trinajstić information content (AvgIpc) is 2.94. The molecule has 1 aromatic rings. The Kier molecular flexibility index (Phi) is 4.41. The van der Waals surface area contributed by atoms with Gasteiger partial charge in [-0.1, -0.05) is 0 Å². The van der Waals surface area contributed by atoms with Crippen molar-refractivity contribution in [3.05, 3.63) is 34.2 Å². The fourth-order valence-corrected chi connectivity index (χ4v) is 4.46. The zero-order valence-electron chi connectivity index (χ0n) is 13.9. The van der Waals surface area contributed by atoms with E-state index in [-0.39, 0.29) is 23.1 Å². The molecule has 24 heavy (non-hydrogen) atoms. The summed E-state index contributed by atoms with van der Waals surface area (Å²) in [5, 5.41) is 0. The number of aromatic nitrogens is 1. The Morgan fingerprint density at radius 2 is 1.92 bits per heavy atom. The van der Waals surface area contributed by atoms with E-state index < -0.39 is 0 Å². The molecular formula is C18H25N3O3. The molecule has 4 fully saturated rings. The largest absolute Gasteiger partial charge is 0.381 e. The summed E-state index contributed by atoms with van der Waals surface area (Å²) in [6, 6.07) is 4.16. The third kappa shape index (κ3) is 3.00. The lowest BCUT2D eigenvalue weighted by atomic mass is 9.94. The number of fused-ring (bicyclic) bond motifs is 4. The van der Waals surface area contributed by atoms with Crippen LogP contribution in [0.3, 0.4) is 0 Å². The van der Waals surface area contributed by atoms with Gasteiger partial charge in [-0.05, 0) is 43.7 Å². The molecule has 0 spiro atoms. The molecule has 1 aromatic heterocycles. The zero-order chi connectivity index (χ0) is 16.5. The Hall–Kier alpha value is -1.66. The Morgan fingerprint density at radius 1 is 1.08 bits per heavy atom. The molecule has 5 rings (SSSR count). The minimum absolute atomic E-state index is 0.111. The van der Waals surface area contributed by atoms with Crippen molar-refractivity contribution in [2.24, 2.45) is 5.92 Å². The summed E-state index contributed by atoms with van der Waals surface area (Å²) < 4.78 is 5.49. The first-order valence-electron chi connectivity index (χ1n) is 9.03. The number of pyridine rings is 1. The Bertz CT molecular complexity index is 653. The molecule has 5 heterocycles. The first-order valence-corrected chi connectivity index (χ1v) is 9.03.